The first-order valence-electron chi connectivity index (χ1n) is 5.20. The van der Waals surface area contributed by atoms with Crippen LogP contribution in [0.4, 0.5) is 0 Å². The molecule has 0 unspecified atom stereocenters. The van der Waals surface area contributed by atoms with Crippen LogP contribution in [0.1, 0.15) is 10.4 Å². The Balaban J connectivity index is 1.85. The Morgan fingerprint density at radius 3 is 3.00 bits per heavy atom. The second kappa shape index (κ2) is 5.11. The molecule has 88 valence electrons. The van der Waals surface area contributed by atoms with Crippen LogP contribution < -0.4 is 10.9 Å². The second-order valence-electron chi connectivity index (χ2n) is 3.47. The van der Waals surface area contributed by atoms with Gasteiger partial charge in [-0.1, -0.05) is 0 Å². The third-order valence-corrected chi connectivity index (χ3v) is 2.23. The lowest BCUT2D eigenvalue weighted by atomic mass is 10.3. The number of rotatable bonds is 4. The van der Waals surface area contributed by atoms with E-state index in [9.17, 15) is 9.59 Å². The van der Waals surface area contributed by atoms with Gasteiger partial charge in [0.05, 0.1) is 12.1 Å². The predicted molar refractivity (Wildman–Crippen MR) is 61.6 cm³/mol. The topological polar surface area (TPSA) is 79.8 Å². The fraction of sp³-hybridized carbons (Fsp3) is 0.182. The molecule has 6 heteroatoms. The Hall–Kier alpha value is -2.37. The van der Waals surface area contributed by atoms with Crippen molar-refractivity contribution in [3.05, 3.63) is 52.7 Å². The Morgan fingerprint density at radius 2 is 2.35 bits per heavy atom. The largest absolute Gasteiger partial charge is 0.350 e. The molecule has 0 saturated carbocycles. The van der Waals surface area contributed by atoms with E-state index in [1.54, 1.807) is 10.9 Å². The molecule has 2 heterocycles. The van der Waals surface area contributed by atoms with Gasteiger partial charge in [-0.25, -0.2) is 0 Å². The van der Waals surface area contributed by atoms with Gasteiger partial charge in [0, 0.05) is 31.2 Å². The smallest absolute Gasteiger partial charge is 0.252 e. The maximum Gasteiger partial charge on any atom is 0.252 e. The van der Waals surface area contributed by atoms with E-state index in [2.05, 4.69) is 15.4 Å². The van der Waals surface area contributed by atoms with E-state index in [4.69, 9.17) is 0 Å². The zero-order valence-corrected chi connectivity index (χ0v) is 9.09. The first-order chi connectivity index (χ1) is 8.25. The predicted octanol–water partition coefficient (Wildman–Crippen LogP) is 0.00140. The molecule has 0 aliphatic heterocycles. The van der Waals surface area contributed by atoms with Gasteiger partial charge in [0.2, 0.25) is 5.56 Å². The quantitative estimate of drug-likeness (QED) is 0.778. The van der Waals surface area contributed by atoms with Crippen molar-refractivity contribution in [3.63, 3.8) is 0 Å². The van der Waals surface area contributed by atoms with Crippen LogP contribution in [0.3, 0.4) is 0 Å². The van der Waals surface area contributed by atoms with Crippen LogP contribution in [0.15, 0.2) is 41.6 Å². The van der Waals surface area contributed by atoms with Crippen molar-refractivity contribution in [2.24, 2.45) is 0 Å². The lowest BCUT2D eigenvalue weighted by Gasteiger charge is -2.04. The standard InChI is InChI=1S/C11H12N4O2/c16-10-3-2-9(8-13-10)11(17)12-5-7-15-6-1-4-14-15/h1-4,6,8H,5,7H2,(H,12,17)(H,13,16). The zero-order chi connectivity index (χ0) is 12.1. The molecule has 2 aromatic rings. The first-order valence-corrected chi connectivity index (χ1v) is 5.20. The van der Waals surface area contributed by atoms with Crippen molar-refractivity contribution in [2.75, 3.05) is 6.54 Å². The van der Waals surface area contributed by atoms with Gasteiger partial charge in [0.1, 0.15) is 0 Å². The third-order valence-electron chi connectivity index (χ3n) is 2.23. The number of nitrogens with one attached hydrogen (secondary N) is 2. The Labute approximate surface area is 97.3 Å². The monoisotopic (exact) mass is 232 g/mol. The van der Waals surface area contributed by atoms with Crippen molar-refractivity contribution in [3.8, 4) is 0 Å². The van der Waals surface area contributed by atoms with Crippen LogP contribution in [-0.4, -0.2) is 27.2 Å². The molecule has 6 nitrogen and oxygen atoms in total. The maximum atomic E-state index is 11.6. The number of pyridine rings is 1. The molecule has 0 fully saturated rings. The molecule has 0 aliphatic rings. The second-order valence-corrected chi connectivity index (χ2v) is 3.47. The molecule has 1 amide bonds. The molecule has 0 radical (unpaired) electrons. The van der Waals surface area contributed by atoms with Crippen LogP contribution in [-0.2, 0) is 6.54 Å². The van der Waals surface area contributed by atoms with Crippen LogP contribution in [0, 0.1) is 0 Å². The van der Waals surface area contributed by atoms with Gasteiger partial charge in [0.15, 0.2) is 0 Å². The van der Waals surface area contributed by atoms with E-state index in [-0.39, 0.29) is 11.5 Å². The Morgan fingerprint density at radius 1 is 1.47 bits per heavy atom. The van der Waals surface area contributed by atoms with Crippen molar-refractivity contribution in [2.45, 2.75) is 6.54 Å². The van der Waals surface area contributed by atoms with Crippen molar-refractivity contribution >= 4 is 5.91 Å². The molecule has 0 spiro atoms. The number of aromatic nitrogens is 3. The molecule has 0 aliphatic carbocycles. The molecule has 0 aromatic carbocycles. The summed E-state index contributed by atoms with van der Waals surface area (Å²) in [7, 11) is 0. The summed E-state index contributed by atoms with van der Waals surface area (Å²) in [4.78, 5) is 24.9. The summed E-state index contributed by atoms with van der Waals surface area (Å²) in [5, 5.41) is 6.75. The fourth-order valence-corrected chi connectivity index (χ4v) is 1.37. The normalized spacial score (nSPS) is 10.1. The Kier molecular flexibility index (Phi) is 3.34. The number of hydrogen-bond donors (Lipinski definition) is 2. The molecule has 0 bridgehead atoms. The van der Waals surface area contributed by atoms with Crippen LogP contribution in [0.5, 0.6) is 0 Å². The zero-order valence-electron chi connectivity index (χ0n) is 9.09. The number of hydrogen-bond acceptors (Lipinski definition) is 3. The Bertz CT molecular complexity index is 524. The van der Waals surface area contributed by atoms with Crippen LogP contribution in [0.2, 0.25) is 0 Å². The van der Waals surface area contributed by atoms with E-state index in [0.29, 0.717) is 18.7 Å². The van der Waals surface area contributed by atoms with Crippen LogP contribution in [0.25, 0.3) is 0 Å². The van der Waals surface area contributed by atoms with Gasteiger partial charge in [-0.05, 0) is 12.1 Å². The van der Waals surface area contributed by atoms with Crippen molar-refractivity contribution < 1.29 is 4.79 Å². The minimum Gasteiger partial charge on any atom is -0.350 e. The fourth-order valence-electron chi connectivity index (χ4n) is 1.37. The van der Waals surface area contributed by atoms with E-state index in [1.807, 2.05) is 12.3 Å². The average molecular weight is 232 g/mol. The minimum atomic E-state index is -0.224. The van der Waals surface area contributed by atoms with E-state index in [1.165, 1.54) is 18.3 Å². The number of carbonyl (C=O) groups excluding carboxylic acids is 1. The lowest BCUT2D eigenvalue weighted by Crippen LogP contribution is -2.27. The van der Waals surface area contributed by atoms with Gasteiger partial charge in [-0.3, -0.25) is 14.3 Å². The highest BCUT2D eigenvalue weighted by atomic mass is 16.1. The van der Waals surface area contributed by atoms with Crippen molar-refractivity contribution in [1.82, 2.24) is 20.1 Å². The molecule has 17 heavy (non-hydrogen) atoms. The molecule has 0 atom stereocenters. The highest BCUT2D eigenvalue weighted by molar-refractivity contribution is 5.93. The molecule has 2 aromatic heterocycles. The molecule has 2 N–H and O–H groups in total. The summed E-state index contributed by atoms with van der Waals surface area (Å²) >= 11 is 0. The van der Waals surface area contributed by atoms with Crippen LogP contribution >= 0.6 is 0 Å². The number of H-pyrrole nitrogens is 1. The summed E-state index contributed by atoms with van der Waals surface area (Å²) in [5.41, 5.74) is 0.211. The highest BCUT2D eigenvalue weighted by Crippen LogP contribution is 1.92. The summed E-state index contributed by atoms with van der Waals surface area (Å²) in [6.45, 7) is 1.10. The minimum absolute atomic E-state index is 0.214. The molecule has 2 rings (SSSR count). The number of carbonyl (C=O) groups is 1. The van der Waals surface area contributed by atoms with Gasteiger partial charge < -0.3 is 10.3 Å². The number of amides is 1. The molecular weight excluding hydrogens is 220 g/mol. The summed E-state index contributed by atoms with van der Waals surface area (Å²) in [5.74, 6) is -0.214. The molecule has 0 saturated heterocycles. The van der Waals surface area contributed by atoms with E-state index >= 15 is 0 Å². The summed E-state index contributed by atoms with van der Waals surface area (Å²) in [6.07, 6.45) is 4.90. The van der Waals surface area contributed by atoms with Gasteiger partial charge in [-0.15, -0.1) is 0 Å². The van der Waals surface area contributed by atoms with Gasteiger partial charge in [0.25, 0.3) is 5.91 Å². The van der Waals surface area contributed by atoms with E-state index < -0.39 is 0 Å². The summed E-state index contributed by atoms with van der Waals surface area (Å²) in [6, 6.07) is 4.63. The average Bonchev–Trinajstić information content (AvgIpc) is 2.83. The first kappa shape index (κ1) is 11.1. The lowest BCUT2D eigenvalue weighted by molar-refractivity contribution is 0.0951. The highest BCUT2D eigenvalue weighted by Gasteiger charge is 2.03. The number of aromatic amines is 1. The molecular formula is C11H12N4O2. The third kappa shape index (κ3) is 3.04. The maximum absolute atomic E-state index is 11.6. The van der Waals surface area contributed by atoms with Crippen molar-refractivity contribution in [1.29, 1.82) is 0 Å². The van der Waals surface area contributed by atoms with Gasteiger partial charge in [-0.2, -0.15) is 5.10 Å². The van der Waals surface area contributed by atoms with Gasteiger partial charge >= 0.3 is 0 Å². The SMILES string of the molecule is O=C(NCCn1cccn1)c1ccc(=O)[nH]c1. The van der Waals surface area contributed by atoms with E-state index in [0.717, 1.165) is 0 Å². The summed E-state index contributed by atoms with van der Waals surface area (Å²) < 4.78 is 1.73. The number of nitrogens with zero attached hydrogens (tertiary/aromatic N) is 2.